The summed E-state index contributed by atoms with van der Waals surface area (Å²) in [5.41, 5.74) is 9.48. The van der Waals surface area contributed by atoms with Gasteiger partial charge >= 0.3 is 11.9 Å². The summed E-state index contributed by atoms with van der Waals surface area (Å²) in [5, 5.41) is 0. The number of esters is 2. The Bertz CT molecular complexity index is 1730. The molecule has 0 bridgehead atoms. The van der Waals surface area contributed by atoms with Crippen molar-refractivity contribution in [2.24, 2.45) is 0 Å². The number of ether oxygens (including phenoxy) is 2. The van der Waals surface area contributed by atoms with E-state index in [1.165, 1.54) is 11.1 Å². The fraction of sp³-hybridized carbons (Fsp3) is 0.182. The third-order valence-electron chi connectivity index (χ3n) is 8.17. The molecule has 0 aliphatic heterocycles. The van der Waals surface area contributed by atoms with Gasteiger partial charge in [0.2, 0.25) is 0 Å². The van der Waals surface area contributed by atoms with Crippen molar-refractivity contribution in [3.63, 3.8) is 0 Å². The van der Waals surface area contributed by atoms with E-state index in [1.807, 2.05) is 36.4 Å². The summed E-state index contributed by atoms with van der Waals surface area (Å²) in [4.78, 5) is 27.9. The largest absolute Gasteiger partial charge is 0.462 e. The summed E-state index contributed by atoms with van der Waals surface area (Å²) in [6.07, 6.45) is 3.11. The number of benzene rings is 5. The number of nitrogens with zero attached hydrogens (tertiary/aromatic N) is 2. The lowest BCUT2D eigenvalue weighted by Gasteiger charge is -2.28. The molecule has 0 aliphatic carbocycles. The Morgan fingerprint density at radius 1 is 0.460 bits per heavy atom. The SMILES string of the molecule is C=C(C)C(=O)OCCCc1ccc(N(c2ccccc2)c2ccc(N(c3ccccc3)c3ccc(CCCOC(=O)C(=C)C)cc3)cc2)cc1. The van der Waals surface area contributed by atoms with Crippen molar-refractivity contribution in [3.8, 4) is 0 Å². The van der Waals surface area contributed by atoms with E-state index in [1.54, 1.807) is 13.8 Å². The number of hydrogen-bond donors (Lipinski definition) is 0. The number of carbonyl (C=O) groups excluding carboxylic acids is 2. The first-order valence-electron chi connectivity index (χ1n) is 16.9. The van der Waals surface area contributed by atoms with Gasteiger partial charge in [-0.25, -0.2) is 9.59 Å². The van der Waals surface area contributed by atoms with Crippen LogP contribution in [0.1, 0.15) is 37.8 Å². The zero-order valence-electron chi connectivity index (χ0n) is 28.9. The van der Waals surface area contributed by atoms with E-state index < -0.39 is 0 Å². The minimum atomic E-state index is -0.345. The van der Waals surface area contributed by atoms with Gasteiger partial charge in [-0.2, -0.15) is 0 Å². The molecule has 0 aliphatic rings. The number of hydrogen-bond acceptors (Lipinski definition) is 6. The molecule has 0 radical (unpaired) electrons. The summed E-state index contributed by atoms with van der Waals surface area (Å²) in [6.45, 7) is 11.3. The van der Waals surface area contributed by atoms with Crippen LogP contribution in [0.5, 0.6) is 0 Å². The lowest BCUT2D eigenvalue weighted by molar-refractivity contribution is -0.139. The van der Waals surface area contributed by atoms with Gasteiger partial charge in [-0.1, -0.05) is 73.8 Å². The van der Waals surface area contributed by atoms with Crippen LogP contribution in [-0.2, 0) is 31.9 Å². The fourth-order valence-electron chi connectivity index (χ4n) is 5.55. The van der Waals surface area contributed by atoms with Gasteiger partial charge < -0.3 is 19.3 Å². The van der Waals surface area contributed by atoms with Crippen molar-refractivity contribution >= 4 is 46.1 Å². The maximum atomic E-state index is 11.7. The Hall–Kier alpha value is -5.88. The first kappa shape index (κ1) is 35.4. The van der Waals surface area contributed by atoms with E-state index in [0.717, 1.165) is 59.8 Å². The zero-order valence-corrected chi connectivity index (χ0v) is 28.9. The van der Waals surface area contributed by atoms with Crippen LogP contribution >= 0.6 is 0 Å². The maximum Gasteiger partial charge on any atom is 0.333 e. The third-order valence-corrected chi connectivity index (χ3v) is 8.17. The molecule has 0 spiro atoms. The Kier molecular flexibility index (Phi) is 12.4. The van der Waals surface area contributed by atoms with Crippen LogP contribution in [0.3, 0.4) is 0 Å². The molecule has 6 nitrogen and oxygen atoms in total. The van der Waals surface area contributed by atoms with Crippen LogP contribution in [0.4, 0.5) is 34.1 Å². The van der Waals surface area contributed by atoms with E-state index in [-0.39, 0.29) is 11.9 Å². The van der Waals surface area contributed by atoms with E-state index in [4.69, 9.17) is 9.47 Å². The molecule has 5 aromatic carbocycles. The van der Waals surface area contributed by atoms with Crippen molar-refractivity contribution in [2.45, 2.75) is 39.5 Å². The number of para-hydroxylation sites is 2. The Morgan fingerprint density at radius 2 is 0.740 bits per heavy atom. The van der Waals surface area contributed by atoms with Gasteiger partial charge in [0, 0.05) is 45.3 Å². The summed E-state index contributed by atoms with van der Waals surface area (Å²) < 4.78 is 10.5. The second-order valence-corrected chi connectivity index (χ2v) is 12.2. The van der Waals surface area contributed by atoms with Gasteiger partial charge in [-0.3, -0.25) is 0 Å². The Morgan fingerprint density at radius 3 is 1.04 bits per heavy atom. The molecule has 0 N–H and O–H groups in total. The smallest absolute Gasteiger partial charge is 0.333 e. The number of aryl methyl sites for hydroxylation is 2. The maximum absolute atomic E-state index is 11.7. The van der Waals surface area contributed by atoms with E-state index in [9.17, 15) is 9.59 Å². The summed E-state index contributed by atoms with van der Waals surface area (Å²) in [7, 11) is 0. The minimum absolute atomic E-state index is 0.345. The highest BCUT2D eigenvalue weighted by Crippen LogP contribution is 2.39. The number of rotatable bonds is 16. The highest BCUT2D eigenvalue weighted by atomic mass is 16.5. The van der Waals surface area contributed by atoms with Gasteiger partial charge in [-0.15, -0.1) is 0 Å². The standard InChI is InChI=1S/C44H44N2O4/c1-33(2)43(47)49-31-11-13-35-19-23-39(24-20-35)45(37-15-7-5-8-16-37)41-27-29-42(30-28-41)46(38-17-9-6-10-18-38)40-25-21-36(22-26-40)14-12-32-50-44(48)34(3)4/h5-10,15-30H,1,3,11-14,31-32H2,2,4H3. The quantitative estimate of drug-likeness (QED) is 0.0594. The summed E-state index contributed by atoms with van der Waals surface area (Å²) in [6, 6.07) is 46.4. The first-order valence-corrected chi connectivity index (χ1v) is 16.9. The van der Waals surface area contributed by atoms with Gasteiger partial charge in [0.15, 0.2) is 0 Å². The van der Waals surface area contributed by atoms with Gasteiger partial charge in [0.05, 0.1) is 13.2 Å². The Balaban J connectivity index is 1.34. The molecule has 254 valence electrons. The van der Waals surface area contributed by atoms with Gasteiger partial charge in [0.1, 0.15) is 0 Å². The molecule has 5 rings (SSSR count). The molecule has 0 saturated heterocycles. The van der Waals surface area contributed by atoms with E-state index >= 15 is 0 Å². The van der Waals surface area contributed by atoms with Crippen molar-refractivity contribution in [1.29, 1.82) is 0 Å². The van der Waals surface area contributed by atoms with Crippen LogP contribution in [-0.4, -0.2) is 25.2 Å². The highest BCUT2D eigenvalue weighted by Gasteiger charge is 2.16. The number of anilines is 6. The molecule has 0 amide bonds. The van der Waals surface area contributed by atoms with Crippen molar-refractivity contribution in [2.75, 3.05) is 23.0 Å². The average Bonchev–Trinajstić information content (AvgIpc) is 3.14. The summed E-state index contributed by atoms with van der Waals surface area (Å²) in [5.74, 6) is -0.690. The molecule has 0 aromatic heterocycles. The topological polar surface area (TPSA) is 59.1 Å². The van der Waals surface area contributed by atoms with E-state index in [0.29, 0.717) is 24.4 Å². The van der Waals surface area contributed by atoms with Crippen LogP contribution in [0.25, 0.3) is 0 Å². The van der Waals surface area contributed by atoms with Crippen molar-refractivity contribution in [3.05, 3.63) is 169 Å². The molecule has 6 heteroatoms. The van der Waals surface area contributed by atoms with Crippen LogP contribution in [0.15, 0.2) is 158 Å². The molecule has 0 fully saturated rings. The van der Waals surface area contributed by atoms with Crippen molar-refractivity contribution < 1.29 is 19.1 Å². The molecule has 0 unspecified atom stereocenters. The first-order chi connectivity index (χ1) is 24.3. The third kappa shape index (κ3) is 9.60. The second kappa shape index (κ2) is 17.5. The fourth-order valence-corrected chi connectivity index (χ4v) is 5.55. The zero-order chi connectivity index (χ0) is 35.3. The highest BCUT2D eigenvalue weighted by molar-refractivity contribution is 5.87. The lowest BCUT2D eigenvalue weighted by Crippen LogP contribution is -2.12. The molecule has 50 heavy (non-hydrogen) atoms. The Labute approximate surface area is 295 Å². The normalized spacial score (nSPS) is 10.6. The minimum Gasteiger partial charge on any atom is -0.462 e. The van der Waals surface area contributed by atoms with Crippen molar-refractivity contribution in [1.82, 2.24) is 0 Å². The molecule has 0 atom stereocenters. The number of carbonyl (C=O) groups is 2. The van der Waals surface area contributed by atoms with Gasteiger partial charge in [-0.05, 0) is 123 Å². The van der Waals surface area contributed by atoms with Crippen LogP contribution in [0.2, 0.25) is 0 Å². The van der Waals surface area contributed by atoms with E-state index in [2.05, 4.69) is 120 Å². The van der Waals surface area contributed by atoms with Gasteiger partial charge in [0.25, 0.3) is 0 Å². The van der Waals surface area contributed by atoms with Crippen LogP contribution < -0.4 is 9.80 Å². The molecular formula is C44H44N2O4. The monoisotopic (exact) mass is 664 g/mol. The predicted octanol–water partition coefficient (Wildman–Crippen LogP) is 10.7. The molecule has 0 heterocycles. The molecule has 0 saturated carbocycles. The molecular weight excluding hydrogens is 620 g/mol. The average molecular weight is 665 g/mol. The van der Waals surface area contributed by atoms with Crippen LogP contribution in [0, 0.1) is 0 Å². The lowest BCUT2D eigenvalue weighted by atomic mass is 10.1. The summed E-state index contributed by atoms with van der Waals surface area (Å²) >= 11 is 0. The molecule has 5 aromatic rings. The predicted molar refractivity (Wildman–Crippen MR) is 204 cm³/mol. The second-order valence-electron chi connectivity index (χ2n) is 12.2.